The Morgan fingerprint density at radius 2 is 2.00 bits per heavy atom. The third kappa shape index (κ3) is 0.945. The maximum atomic E-state index is 12.5. The van der Waals surface area contributed by atoms with Crippen molar-refractivity contribution in [2.45, 2.75) is 29.8 Å². The smallest absolute Gasteiger partial charge is 0.0819 e. The van der Waals surface area contributed by atoms with Gasteiger partial charge in [-0.25, -0.2) is 0 Å². The van der Waals surface area contributed by atoms with Crippen molar-refractivity contribution < 1.29 is 4.21 Å². The second-order valence-corrected chi connectivity index (χ2v) is 6.64. The summed E-state index contributed by atoms with van der Waals surface area (Å²) in [5.74, 6) is 0.592. The third-order valence-corrected chi connectivity index (χ3v) is 6.34. The zero-order valence-electron chi connectivity index (χ0n) is 9.06. The summed E-state index contributed by atoms with van der Waals surface area (Å²) < 4.78 is 12.5. The first-order valence-electron chi connectivity index (χ1n) is 6.06. The average molecular weight is 230 g/mol. The highest BCUT2D eigenvalue weighted by Crippen LogP contribution is 2.61. The highest BCUT2D eigenvalue weighted by molar-refractivity contribution is 7.86. The summed E-state index contributed by atoms with van der Waals surface area (Å²) in [6.45, 7) is 0. The van der Waals surface area contributed by atoms with E-state index in [0.717, 1.165) is 0 Å². The van der Waals surface area contributed by atoms with Crippen molar-refractivity contribution in [2.75, 3.05) is 0 Å². The molecule has 4 atom stereocenters. The minimum atomic E-state index is -0.686. The van der Waals surface area contributed by atoms with E-state index >= 15 is 0 Å². The summed E-state index contributed by atoms with van der Waals surface area (Å²) in [6.07, 6.45) is 6.07. The zero-order valence-corrected chi connectivity index (χ0v) is 9.87. The van der Waals surface area contributed by atoms with Crippen molar-refractivity contribution in [3.05, 3.63) is 47.0 Å². The van der Waals surface area contributed by atoms with Gasteiger partial charge in [0.2, 0.25) is 0 Å². The molecule has 3 aliphatic rings. The fourth-order valence-electron chi connectivity index (χ4n) is 3.65. The Hall–Kier alpha value is -0.890. The van der Waals surface area contributed by atoms with Gasteiger partial charge in [-0.2, -0.15) is 0 Å². The highest BCUT2D eigenvalue weighted by atomic mass is 32.2. The van der Waals surface area contributed by atoms with Gasteiger partial charge in [-0.15, -0.1) is 0 Å². The molecule has 2 aliphatic heterocycles. The van der Waals surface area contributed by atoms with Crippen LogP contribution in [0.3, 0.4) is 0 Å². The Balaban J connectivity index is 1.97. The van der Waals surface area contributed by atoms with Crippen molar-refractivity contribution in [3.8, 4) is 0 Å². The summed E-state index contributed by atoms with van der Waals surface area (Å²) in [6, 6.07) is 8.52. The quantitative estimate of drug-likeness (QED) is 0.625. The summed E-state index contributed by atoms with van der Waals surface area (Å²) >= 11 is 0. The molecular formula is C14H14OS. The minimum absolute atomic E-state index is 0.242. The Morgan fingerprint density at radius 1 is 1.19 bits per heavy atom. The van der Waals surface area contributed by atoms with Crippen LogP contribution in [0.25, 0.3) is 0 Å². The maximum Gasteiger partial charge on any atom is 0.0819 e. The van der Waals surface area contributed by atoms with Crippen LogP contribution < -0.4 is 0 Å². The van der Waals surface area contributed by atoms with E-state index in [1.807, 2.05) is 0 Å². The van der Waals surface area contributed by atoms with Gasteiger partial charge in [0, 0.05) is 10.8 Å². The second-order valence-electron chi connectivity index (χ2n) is 5.00. The van der Waals surface area contributed by atoms with Gasteiger partial charge in [-0.3, -0.25) is 4.21 Å². The van der Waals surface area contributed by atoms with E-state index in [9.17, 15) is 4.21 Å². The molecule has 0 N–H and O–H groups in total. The van der Waals surface area contributed by atoms with Gasteiger partial charge < -0.3 is 0 Å². The van der Waals surface area contributed by atoms with Crippen molar-refractivity contribution >= 4 is 10.8 Å². The van der Waals surface area contributed by atoms with Gasteiger partial charge in [-0.1, -0.05) is 30.3 Å². The molecule has 4 rings (SSSR count). The largest absolute Gasteiger partial charge is 0.258 e. The molecule has 0 spiro atoms. The molecule has 0 saturated carbocycles. The lowest BCUT2D eigenvalue weighted by atomic mass is 9.75. The predicted octanol–water partition coefficient (Wildman–Crippen LogP) is 3.27. The molecule has 2 heterocycles. The minimum Gasteiger partial charge on any atom is -0.258 e. The molecule has 82 valence electrons. The average Bonchev–Trinajstić information content (AvgIpc) is 2.78. The number of hydrogen-bond acceptors (Lipinski definition) is 1. The summed E-state index contributed by atoms with van der Waals surface area (Å²) in [4.78, 5) is 0. The van der Waals surface area contributed by atoms with Crippen molar-refractivity contribution in [1.82, 2.24) is 0 Å². The first-order chi connectivity index (χ1) is 7.88. The number of hydrogen-bond donors (Lipinski definition) is 0. The number of fused-ring (bicyclic) bond motifs is 8. The van der Waals surface area contributed by atoms with E-state index < -0.39 is 10.8 Å². The highest BCUT2D eigenvalue weighted by Gasteiger charge is 2.53. The Labute approximate surface area is 98.0 Å². The fourth-order valence-corrected chi connectivity index (χ4v) is 6.03. The monoisotopic (exact) mass is 230 g/mol. The molecule has 0 aromatic heterocycles. The molecule has 1 saturated heterocycles. The normalized spacial score (nSPS) is 39.1. The molecule has 1 fully saturated rings. The Bertz CT molecular complexity index is 517. The first-order valence-corrected chi connectivity index (χ1v) is 7.33. The first kappa shape index (κ1) is 9.17. The molecular weight excluding hydrogens is 216 g/mol. The van der Waals surface area contributed by atoms with Gasteiger partial charge in [0.25, 0.3) is 0 Å². The van der Waals surface area contributed by atoms with Crippen LogP contribution in [0, 0.1) is 5.92 Å². The number of rotatable bonds is 0. The maximum absolute atomic E-state index is 12.5. The predicted molar refractivity (Wildman–Crippen MR) is 65.5 cm³/mol. The van der Waals surface area contributed by atoms with E-state index in [0.29, 0.717) is 11.2 Å². The van der Waals surface area contributed by atoms with E-state index in [2.05, 4.69) is 30.3 Å². The van der Waals surface area contributed by atoms with E-state index in [-0.39, 0.29) is 5.25 Å². The van der Waals surface area contributed by atoms with Crippen LogP contribution in [-0.4, -0.2) is 4.21 Å². The molecule has 0 amide bonds. The Morgan fingerprint density at radius 3 is 2.88 bits per heavy atom. The van der Waals surface area contributed by atoms with Gasteiger partial charge >= 0.3 is 0 Å². The SMILES string of the molecule is O=S1[C@@H]2C3=CCCC[C@H]3[C@H]1c1ccccc12. The van der Waals surface area contributed by atoms with Crippen LogP contribution in [0.2, 0.25) is 0 Å². The molecule has 1 unspecified atom stereocenters. The van der Waals surface area contributed by atoms with Gasteiger partial charge in [0.05, 0.1) is 10.5 Å². The lowest BCUT2D eigenvalue weighted by Gasteiger charge is -2.28. The topological polar surface area (TPSA) is 17.1 Å². The van der Waals surface area contributed by atoms with E-state index in [1.54, 1.807) is 0 Å². The third-order valence-electron chi connectivity index (χ3n) is 4.26. The Kier molecular flexibility index (Phi) is 1.76. The van der Waals surface area contributed by atoms with Crippen LogP contribution in [0.5, 0.6) is 0 Å². The summed E-state index contributed by atoms with van der Waals surface area (Å²) in [5.41, 5.74) is 4.21. The van der Waals surface area contributed by atoms with E-state index in [1.165, 1.54) is 36.0 Å². The van der Waals surface area contributed by atoms with Crippen molar-refractivity contribution in [2.24, 2.45) is 5.92 Å². The van der Waals surface area contributed by atoms with Gasteiger partial charge in [0.1, 0.15) is 0 Å². The van der Waals surface area contributed by atoms with Crippen LogP contribution >= 0.6 is 0 Å². The molecule has 1 aromatic rings. The number of benzene rings is 1. The molecule has 1 aromatic carbocycles. The molecule has 1 aliphatic carbocycles. The van der Waals surface area contributed by atoms with Gasteiger partial charge in [0.15, 0.2) is 0 Å². The lowest BCUT2D eigenvalue weighted by Crippen LogP contribution is -2.16. The zero-order chi connectivity index (χ0) is 10.7. The molecule has 2 bridgehead atoms. The van der Waals surface area contributed by atoms with E-state index in [4.69, 9.17) is 0 Å². The number of allylic oxidation sites excluding steroid dienone is 1. The van der Waals surface area contributed by atoms with Crippen LogP contribution in [-0.2, 0) is 10.8 Å². The summed E-state index contributed by atoms with van der Waals surface area (Å²) in [7, 11) is -0.686. The van der Waals surface area contributed by atoms with Gasteiger partial charge in [-0.05, 0) is 41.9 Å². The molecule has 1 nitrogen and oxygen atoms in total. The standard InChI is InChI=1S/C14H14OS/c15-16-13-9-5-1-2-6-10(9)14(16)12-8-4-3-7-11(12)13/h1-2,5-7,12-14H,3-4,8H2/t12-,13+,14-,16?/m1/s1. The van der Waals surface area contributed by atoms with Crippen LogP contribution in [0.1, 0.15) is 40.9 Å². The lowest BCUT2D eigenvalue weighted by molar-refractivity contribution is 0.492. The molecule has 16 heavy (non-hydrogen) atoms. The fraction of sp³-hybridized carbons (Fsp3) is 0.429. The summed E-state index contributed by atoms with van der Waals surface area (Å²) in [5, 5.41) is 0.555. The second kappa shape index (κ2) is 3.07. The van der Waals surface area contributed by atoms with Crippen LogP contribution in [0.4, 0.5) is 0 Å². The van der Waals surface area contributed by atoms with Crippen molar-refractivity contribution in [3.63, 3.8) is 0 Å². The van der Waals surface area contributed by atoms with Crippen molar-refractivity contribution in [1.29, 1.82) is 0 Å². The molecule has 0 radical (unpaired) electrons. The molecule has 2 heteroatoms. The van der Waals surface area contributed by atoms with Crippen LogP contribution in [0.15, 0.2) is 35.9 Å².